The molecule has 0 spiro atoms. The van der Waals surface area contributed by atoms with Gasteiger partial charge in [0, 0.05) is 19.8 Å². The van der Waals surface area contributed by atoms with Gasteiger partial charge in [-0.15, -0.1) is 0 Å². The fourth-order valence-electron chi connectivity index (χ4n) is 0.973. The quantitative estimate of drug-likeness (QED) is 0.439. The van der Waals surface area contributed by atoms with Crippen LogP contribution in [0, 0.1) is 0 Å². The van der Waals surface area contributed by atoms with Gasteiger partial charge in [-0.3, -0.25) is 0 Å². The largest absolute Gasteiger partial charge is 0.465 e. The van der Waals surface area contributed by atoms with Crippen molar-refractivity contribution in [3.05, 3.63) is 23.9 Å². The van der Waals surface area contributed by atoms with Crippen molar-refractivity contribution in [1.82, 2.24) is 9.88 Å². The highest BCUT2D eigenvalue weighted by Crippen LogP contribution is 2.10. The molecule has 0 fully saturated rings. The van der Waals surface area contributed by atoms with Crippen LogP contribution in [0.25, 0.3) is 0 Å². The fourth-order valence-corrected chi connectivity index (χ4v) is 0.973. The Bertz CT molecular complexity index is 391. The minimum absolute atomic E-state index is 0.386. The molecule has 0 aromatic carbocycles. The van der Waals surface area contributed by atoms with Gasteiger partial charge < -0.3 is 9.64 Å². The summed E-state index contributed by atoms with van der Waals surface area (Å²) in [5, 5.41) is 0. The summed E-state index contributed by atoms with van der Waals surface area (Å²) < 4.78 is 4.61. The van der Waals surface area contributed by atoms with Crippen LogP contribution >= 0.6 is 0 Å². The molecule has 0 N–H and O–H groups in total. The minimum atomic E-state index is -0.386. The molecule has 1 heterocycles. The number of hydrogen-bond acceptors (Lipinski definition) is 4. The molecule has 0 radical (unpaired) electrons. The fraction of sp³-hybridized carbons (Fsp3) is 0.364. The zero-order chi connectivity index (χ0) is 12.0. The number of ether oxygens (including phenoxy) is 1. The maximum absolute atomic E-state index is 11.2. The van der Waals surface area contributed by atoms with Gasteiger partial charge in [-0.05, 0) is 19.1 Å². The summed E-state index contributed by atoms with van der Waals surface area (Å²) in [5.41, 5.74) is 0.448. The molecule has 0 atom stereocenters. The second-order valence-corrected chi connectivity index (χ2v) is 3.21. The Hall–Kier alpha value is -1.91. The highest BCUT2D eigenvalue weighted by atomic mass is 16.5. The first kappa shape index (κ1) is 12.2. The van der Waals surface area contributed by atoms with Crippen LogP contribution in [0.3, 0.4) is 0 Å². The summed E-state index contributed by atoms with van der Waals surface area (Å²) in [6.45, 7) is 2.88. The molecule has 86 valence electrons. The maximum atomic E-state index is 11.2. The third kappa shape index (κ3) is 3.34. The molecule has 0 bridgehead atoms. The molecule has 0 unspecified atom stereocenters. The molecule has 0 saturated carbocycles. The molecule has 0 saturated heterocycles. The van der Waals surface area contributed by atoms with Crippen molar-refractivity contribution in [3.8, 4) is 0 Å². The van der Waals surface area contributed by atoms with Gasteiger partial charge in [-0.25, -0.2) is 14.8 Å². The van der Waals surface area contributed by atoms with Gasteiger partial charge in [-0.2, -0.15) is 0 Å². The molecule has 1 aromatic rings. The molecule has 1 aromatic heterocycles. The average molecular weight is 221 g/mol. The van der Waals surface area contributed by atoms with Gasteiger partial charge in [0.05, 0.1) is 19.0 Å². The zero-order valence-electron chi connectivity index (χ0n) is 9.67. The van der Waals surface area contributed by atoms with Crippen LogP contribution in [0.5, 0.6) is 0 Å². The second-order valence-electron chi connectivity index (χ2n) is 3.21. The van der Waals surface area contributed by atoms with Crippen molar-refractivity contribution in [2.75, 3.05) is 20.7 Å². The van der Waals surface area contributed by atoms with Crippen LogP contribution in [0.15, 0.2) is 23.3 Å². The first-order valence-electron chi connectivity index (χ1n) is 4.96. The Balaban J connectivity index is 2.82. The van der Waals surface area contributed by atoms with Crippen LogP contribution < -0.4 is 0 Å². The molecule has 5 nitrogen and oxygen atoms in total. The third-order valence-electron chi connectivity index (χ3n) is 2.05. The van der Waals surface area contributed by atoms with Crippen LogP contribution in [-0.2, 0) is 4.74 Å². The minimum Gasteiger partial charge on any atom is -0.465 e. The topological polar surface area (TPSA) is 54.8 Å². The average Bonchev–Trinajstić information content (AvgIpc) is 2.35. The summed E-state index contributed by atoms with van der Waals surface area (Å²) in [6.07, 6.45) is 3.20. The van der Waals surface area contributed by atoms with Gasteiger partial charge in [-0.1, -0.05) is 0 Å². The number of carbonyl (C=O) groups is 1. The Morgan fingerprint density at radius 1 is 1.69 bits per heavy atom. The summed E-state index contributed by atoms with van der Waals surface area (Å²) in [5.74, 6) is 0.103. The molecule has 1 rings (SSSR count). The lowest BCUT2D eigenvalue weighted by Gasteiger charge is -2.07. The lowest BCUT2D eigenvalue weighted by Crippen LogP contribution is -2.14. The number of nitrogens with zero attached hydrogens (tertiary/aromatic N) is 3. The number of methoxy groups -OCH3 is 1. The number of pyridine rings is 1. The van der Waals surface area contributed by atoms with E-state index in [4.69, 9.17) is 0 Å². The molecule has 0 amide bonds. The Morgan fingerprint density at radius 2 is 2.44 bits per heavy atom. The molecule has 0 aliphatic heterocycles. The molecule has 5 heteroatoms. The van der Waals surface area contributed by atoms with Gasteiger partial charge in [0.2, 0.25) is 0 Å². The first-order chi connectivity index (χ1) is 7.67. The highest BCUT2D eigenvalue weighted by Gasteiger charge is 2.05. The first-order valence-corrected chi connectivity index (χ1v) is 4.96. The van der Waals surface area contributed by atoms with E-state index in [0.29, 0.717) is 11.4 Å². The van der Waals surface area contributed by atoms with E-state index in [9.17, 15) is 4.79 Å². The van der Waals surface area contributed by atoms with E-state index in [1.807, 2.05) is 18.9 Å². The van der Waals surface area contributed by atoms with Crippen molar-refractivity contribution in [2.45, 2.75) is 6.92 Å². The van der Waals surface area contributed by atoms with E-state index >= 15 is 0 Å². The lowest BCUT2D eigenvalue weighted by atomic mass is 10.2. The van der Waals surface area contributed by atoms with Crippen LogP contribution in [0.4, 0.5) is 5.82 Å². The van der Waals surface area contributed by atoms with Gasteiger partial charge in [0.15, 0.2) is 5.82 Å². The predicted octanol–water partition coefficient (Wildman–Crippen LogP) is 1.48. The van der Waals surface area contributed by atoms with Gasteiger partial charge in [0.1, 0.15) is 0 Å². The molecule has 16 heavy (non-hydrogen) atoms. The van der Waals surface area contributed by atoms with E-state index in [2.05, 4.69) is 14.7 Å². The number of aliphatic imine (C=N–C) groups is 1. The number of carbonyl (C=O) groups excluding carboxylic acids is 1. The predicted molar refractivity (Wildman–Crippen MR) is 62.0 cm³/mol. The summed E-state index contributed by atoms with van der Waals surface area (Å²) in [4.78, 5) is 21.3. The highest BCUT2D eigenvalue weighted by molar-refractivity contribution is 5.89. The summed E-state index contributed by atoms with van der Waals surface area (Å²) in [6, 6.07) is 3.18. The van der Waals surface area contributed by atoms with Crippen molar-refractivity contribution in [2.24, 2.45) is 4.99 Å². The zero-order valence-corrected chi connectivity index (χ0v) is 9.67. The monoisotopic (exact) mass is 221 g/mol. The number of rotatable bonds is 4. The van der Waals surface area contributed by atoms with Crippen molar-refractivity contribution in [3.63, 3.8) is 0 Å². The molecular formula is C11H15N3O2. The Kier molecular flexibility index (Phi) is 4.44. The van der Waals surface area contributed by atoms with Crippen molar-refractivity contribution >= 4 is 18.1 Å². The van der Waals surface area contributed by atoms with Crippen LogP contribution in [0.2, 0.25) is 0 Å². The molecule has 0 aliphatic carbocycles. The third-order valence-corrected chi connectivity index (χ3v) is 2.05. The van der Waals surface area contributed by atoms with E-state index in [1.54, 1.807) is 18.5 Å². The normalized spacial score (nSPS) is 10.4. The molecule has 0 aliphatic rings. The van der Waals surface area contributed by atoms with E-state index in [-0.39, 0.29) is 5.97 Å². The standard InChI is InChI=1S/C11H15N3O2/c1-4-14(2)8-13-10-7-9(5-6-12-10)11(15)16-3/h5-8H,4H2,1-3H3/b13-8+. The van der Waals surface area contributed by atoms with E-state index < -0.39 is 0 Å². The van der Waals surface area contributed by atoms with Crippen molar-refractivity contribution in [1.29, 1.82) is 0 Å². The number of esters is 1. The van der Waals surface area contributed by atoms with E-state index in [1.165, 1.54) is 13.3 Å². The van der Waals surface area contributed by atoms with E-state index in [0.717, 1.165) is 6.54 Å². The SMILES string of the molecule is CCN(C)/C=N/c1cc(C(=O)OC)ccn1. The smallest absolute Gasteiger partial charge is 0.338 e. The summed E-state index contributed by atoms with van der Waals surface area (Å²) >= 11 is 0. The number of hydrogen-bond donors (Lipinski definition) is 0. The number of aromatic nitrogens is 1. The van der Waals surface area contributed by atoms with Gasteiger partial charge in [0.25, 0.3) is 0 Å². The molecular weight excluding hydrogens is 206 g/mol. The van der Waals surface area contributed by atoms with Crippen molar-refractivity contribution < 1.29 is 9.53 Å². The lowest BCUT2D eigenvalue weighted by molar-refractivity contribution is 0.0600. The van der Waals surface area contributed by atoms with Crippen LogP contribution in [-0.4, -0.2) is 42.9 Å². The second kappa shape index (κ2) is 5.85. The Labute approximate surface area is 94.8 Å². The maximum Gasteiger partial charge on any atom is 0.338 e. The van der Waals surface area contributed by atoms with Gasteiger partial charge >= 0.3 is 5.97 Å². The Morgan fingerprint density at radius 3 is 3.06 bits per heavy atom. The summed E-state index contributed by atoms with van der Waals surface area (Å²) in [7, 11) is 3.25. The van der Waals surface area contributed by atoms with Crippen LogP contribution in [0.1, 0.15) is 17.3 Å².